The molecule has 5 heteroatoms. The fraction of sp³-hybridized carbons (Fsp3) is 0.562. The molecule has 0 aliphatic heterocycles. The smallest absolute Gasteiger partial charge is 0.220 e. The predicted octanol–water partition coefficient (Wildman–Crippen LogP) is 2.81. The summed E-state index contributed by atoms with van der Waals surface area (Å²) in [5.41, 5.74) is 1.01. The Bertz CT molecular complexity index is 451. The van der Waals surface area contributed by atoms with Gasteiger partial charge in [-0.2, -0.15) is 0 Å². The highest BCUT2D eigenvalue weighted by atomic mass is 35.5. The van der Waals surface area contributed by atoms with Crippen LogP contribution in [-0.2, 0) is 11.2 Å². The van der Waals surface area contributed by atoms with Crippen molar-refractivity contribution in [2.45, 2.75) is 32.6 Å². The van der Waals surface area contributed by atoms with E-state index in [1.165, 1.54) is 0 Å². The minimum Gasteiger partial charge on any atom is -0.495 e. The van der Waals surface area contributed by atoms with Gasteiger partial charge in [-0.3, -0.25) is 4.79 Å². The molecule has 0 aliphatic rings. The Kier molecular flexibility index (Phi) is 8.16. The second kappa shape index (κ2) is 9.64. The van der Waals surface area contributed by atoms with E-state index < -0.39 is 0 Å². The highest BCUT2D eigenvalue weighted by Crippen LogP contribution is 2.25. The molecule has 1 atom stereocenters. The summed E-state index contributed by atoms with van der Waals surface area (Å²) in [5.74, 6) is 1.01. The van der Waals surface area contributed by atoms with E-state index in [-0.39, 0.29) is 12.5 Å². The van der Waals surface area contributed by atoms with Gasteiger partial charge in [-0.15, -0.1) is 0 Å². The molecule has 0 saturated carbocycles. The van der Waals surface area contributed by atoms with Crippen LogP contribution in [0.25, 0.3) is 0 Å². The number of carbonyl (C=O) groups excluding carboxylic acids is 1. The summed E-state index contributed by atoms with van der Waals surface area (Å²) in [4.78, 5) is 11.8. The number of carbonyl (C=O) groups is 1. The number of amides is 1. The van der Waals surface area contributed by atoms with Gasteiger partial charge in [-0.05, 0) is 36.5 Å². The lowest BCUT2D eigenvalue weighted by molar-refractivity contribution is -0.121. The van der Waals surface area contributed by atoms with Gasteiger partial charge in [0.25, 0.3) is 0 Å². The standard InChI is InChI=1S/C16H24ClNO3/c1-3-12(8-9-19)11-18-16(20)7-5-13-4-6-15(21-2)14(17)10-13/h4,6,10,12,19H,3,5,7-9,11H2,1-2H3,(H,18,20). The molecule has 1 rings (SSSR count). The maximum Gasteiger partial charge on any atom is 0.220 e. The summed E-state index contributed by atoms with van der Waals surface area (Å²) in [5, 5.41) is 12.4. The molecule has 118 valence electrons. The van der Waals surface area contributed by atoms with Crippen molar-refractivity contribution >= 4 is 17.5 Å². The maximum atomic E-state index is 11.8. The number of aryl methyl sites for hydroxylation is 1. The molecule has 0 bridgehead atoms. The van der Waals surface area contributed by atoms with Crippen molar-refractivity contribution in [1.29, 1.82) is 0 Å². The molecule has 0 aromatic heterocycles. The molecule has 0 saturated heterocycles. The number of methoxy groups -OCH3 is 1. The molecule has 1 amide bonds. The molecule has 0 heterocycles. The van der Waals surface area contributed by atoms with Crippen LogP contribution in [0, 0.1) is 5.92 Å². The van der Waals surface area contributed by atoms with E-state index in [9.17, 15) is 4.79 Å². The average molecular weight is 314 g/mol. The molecule has 0 radical (unpaired) electrons. The Balaban J connectivity index is 2.37. The number of aliphatic hydroxyl groups is 1. The third-order valence-electron chi connectivity index (χ3n) is 3.56. The summed E-state index contributed by atoms with van der Waals surface area (Å²) >= 11 is 6.05. The lowest BCUT2D eigenvalue weighted by Gasteiger charge is -2.14. The Labute approximate surface area is 131 Å². The van der Waals surface area contributed by atoms with Crippen LogP contribution < -0.4 is 10.1 Å². The molecule has 0 spiro atoms. The molecule has 21 heavy (non-hydrogen) atoms. The van der Waals surface area contributed by atoms with Crippen molar-refractivity contribution in [3.05, 3.63) is 28.8 Å². The molecule has 1 unspecified atom stereocenters. The van der Waals surface area contributed by atoms with Crippen molar-refractivity contribution in [1.82, 2.24) is 5.32 Å². The first-order valence-corrected chi connectivity index (χ1v) is 7.68. The van der Waals surface area contributed by atoms with Crippen molar-refractivity contribution in [2.24, 2.45) is 5.92 Å². The zero-order valence-electron chi connectivity index (χ0n) is 12.7. The van der Waals surface area contributed by atoms with Crippen molar-refractivity contribution in [3.63, 3.8) is 0 Å². The van der Waals surface area contributed by atoms with Crippen LogP contribution in [0.4, 0.5) is 0 Å². The quantitative estimate of drug-likeness (QED) is 0.737. The second-order valence-electron chi connectivity index (χ2n) is 5.06. The number of hydrogen-bond donors (Lipinski definition) is 2. The molecule has 0 aliphatic carbocycles. The minimum atomic E-state index is 0.0262. The van der Waals surface area contributed by atoms with E-state index in [1.54, 1.807) is 7.11 Å². The average Bonchev–Trinajstić information content (AvgIpc) is 2.49. The molecular formula is C16H24ClNO3. The van der Waals surface area contributed by atoms with E-state index in [0.29, 0.717) is 36.1 Å². The largest absolute Gasteiger partial charge is 0.495 e. The number of ether oxygens (including phenoxy) is 1. The van der Waals surface area contributed by atoms with Crippen LogP contribution in [0.1, 0.15) is 31.7 Å². The topological polar surface area (TPSA) is 58.6 Å². The summed E-state index contributed by atoms with van der Waals surface area (Å²) < 4.78 is 5.09. The second-order valence-corrected chi connectivity index (χ2v) is 5.47. The number of benzene rings is 1. The van der Waals surface area contributed by atoms with Crippen molar-refractivity contribution in [3.8, 4) is 5.75 Å². The van der Waals surface area contributed by atoms with Crippen LogP contribution >= 0.6 is 11.6 Å². The van der Waals surface area contributed by atoms with Gasteiger partial charge >= 0.3 is 0 Å². The lowest BCUT2D eigenvalue weighted by atomic mass is 10.0. The Morgan fingerprint density at radius 1 is 1.48 bits per heavy atom. The number of hydrogen-bond acceptors (Lipinski definition) is 3. The SMILES string of the molecule is CCC(CCO)CNC(=O)CCc1ccc(OC)c(Cl)c1. The highest BCUT2D eigenvalue weighted by molar-refractivity contribution is 6.32. The third kappa shape index (κ3) is 6.36. The van der Waals surface area contributed by atoms with Crippen molar-refractivity contribution in [2.75, 3.05) is 20.3 Å². The summed E-state index contributed by atoms with van der Waals surface area (Å²) in [6.45, 7) is 2.85. The monoisotopic (exact) mass is 313 g/mol. The van der Waals surface area contributed by atoms with Gasteiger partial charge in [-0.1, -0.05) is 31.0 Å². The van der Waals surface area contributed by atoms with E-state index in [0.717, 1.165) is 18.4 Å². The zero-order chi connectivity index (χ0) is 15.7. The summed E-state index contributed by atoms with van der Waals surface area (Å²) in [7, 11) is 1.57. The Hall–Kier alpha value is -1.26. The summed E-state index contributed by atoms with van der Waals surface area (Å²) in [6, 6.07) is 5.55. The molecule has 2 N–H and O–H groups in total. The maximum absolute atomic E-state index is 11.8. The summed E-state index contributed by atoms with van der Waals surface area (Å²) in [6.07, 6.45) is 2.75. The molecule has 1 aromatic rings. The van der Waals surface area contributed by atoms with E-state index >= 15 is 0 Å². The molecular weight excluding hydrogens is 290 g/mol. The predicted molar refractivity (Wildman–Crippen MR) is 84.8 cm³/mol. The van der Waals surface area contributed by atoms with Gasteiger partial charge in [-0.25, -0.2) is 0 Å². The van der Waals surface area contributed by atoms with Crippen LogP contribution in [0.15, 0.2) is 18.2 Å². The first-order chi connectivity index (χ1) is 10.1. The minimum absolute atomic E-state index is 0.0262. The van der Waals surface area contributed by atoms with Gasteiger partial charge in [0.15, 0.2) is 0 Å². The van der Waals surface area contributed by atoms with Gasteiger partial charge in [0.1, 0.15) is 5.75 Å². The fourth-order valence-electron chi connectivity index (χ4n) is 2.10. The molecule has 0 fully saturated rings. The molecule has 1 aromatic carbocycles. The van der Waals surface area contributed by atoms with Crippen LogP contribution in [-0.4, -0.2) is 31.3 Å². The highest BCUT2D eigenvalue weighted by Gasteiger charge is 2.09. The van der Waals surface area contributed by atoms with Crippen LogP contribution in [0.5, 0.6) is 5.75 Å². The van der Waals surface area contributed by atoms with Crippen LogP contribution in [0.3, 0.4) is 0 Å². The number of rotatable bonds is 9. The van der Waals surface area contributed by atoms with Gasteiger partial charge in [0.05, 0.1) is 12.1 Å². The van der Waals surface area contributed by atoms with Crippen molar-refractivity contribution < 1.29 is 14.6 Å². The molecule has 4 nitrogen and oxygen atoms in total. The zero-order valence-corrected chi connectivity index (χ0v) is 13.4. The van der Waals surface area contributed by atoms with E-state index in [2.05, 4.69) is 12.2 Å². The number of aliphatic hydroxyl groups excluding tert-OH is 1. The Morgan fingerprint density at radius 2 is 2.24 bits per heavy atom. The van der Waals surface area contributed by atoms with E-state index in [4.69, 9.17) is 21.4 Å². The van der Waals surface area contributed by atoms with E-state index in [1.807, 2.05) is 18.2 Å². The lowest BCUT2D eigenvalue weighted by Crippen LogP contribution is -2.29. The number of halogens is 1. The fourth-order valence-corrected chi connectivity index (χ4v) is 2.38. The normalized spacial score (nSPS) is 12.0. The van der Waals surface area contributed by atoms with Gasteiger partial charge < -0.3 is 15.2 Å². The first-order valence-electron chi connectivity index (χ1n) is 7.30. The van der Waals surface area contributed by atoms with Crippen LogP contribution in [0.2, 0.25) is 5.02 Å². The van der Waals surface area contributed by atoms with Gasteiger partial charge in [0, 0.05) is 19.6 Å². The van der Waals surface area contributed by atoms with Gasteiger partial charge in [0.2, 0.25) is 5.91 Å². The number of nitrogens with one attached hydrogen (secondary N) is 1. The first kappa shape index (κ1) is 17.8. The third-order valence-corrected chi connectivity index (χ3v) is 3.85. The Morgan fingerprint density at radius 3 is 2.81 bits per heavy atom.